The molecule has 9 nitrogen and oxygen atoms in total. The minimum Gasteiger partial charge on any atom is -0.356 e. The maximum absolute atomic E-state index is 9.93. The fourth-order valence-electron chi connectivity index (χ4n) is 3.37. The van der Waals surface area contributed by atoms with Gasteiger partial charge in [0.05, 0.1) is 18.2 Å². The molecule has 0 saturated carbocycles. The fourth-order valence-corrected chi connectivity index (χ4v) is 3.37. The first-order valence-corrected chi connectivity index (χ1v) is 8.04. The SMILES string of the molecule is COC(CC1=Nc2[nH]ncc2C(c2cccc3nonc23)C1C#N)OC. The highest BCUT2D eigenvalue weighted by Gasteiger charge is 2.38. The van der Waals surface area contributed by atoms with Crippen molar-refractivity contribution >= 4 is 22.6 Å². The van der Waals surface area contributed by atoms with Crippen molar-refractivity contribution in [3.63, 3.8) is 0 Å². The molecule has 4 rings (SSSR count). The van der Waals surface area contributed by atoms with E-state index >= 15 is 0 Å². The summed E-state index contributed by atoms with van der Waals surface area (Å²) in [6, 6.07) is 7.99. The minimum atomic E-state index is -0.518. The molecule has 2 aromatic heterocycles. The van der Waals surface area contributed by atoms with Gasteiger partial charge in [0.15, 0.2) is 12.1 Å². The van der Waals surface area contributed by atoms with Crippen LogP contribution in [0.4, 0.5) is 5.82 Å². The van der Waals surface area contributed by atoms with Crippen molar-refractivity contribution in [2.24, 2.45) is 10.9 Å². The number of benzene rings is 1. The summed E-state index contributed by atoms with van der Waals surface area (Å²) in [5.74, 6) is -0.197. The van der Waals surface area contributed by atoms with Gasteiger partial charge in [-0.15, -0.1) is 0 Å². The summed E-state index contributed by atoms with van der Waals surface area (Å²) in [7, 11) is 3.11. The van der Waals surface area contributed by atoms with Crippen molar-refractivity contribution in [2.75, 3.05) is 14.2 Å². The summed E-state index contributed by atoms with van der Waals surface area (Å²) in [6.07, 6.45) is 1.58. The Morgan fingerprint density at radius 1 is 1.27 bits per heavy atom. The number of methoxy groups -OCH3 is 2. The molecular formula is C17H16N6O3. The van der Waals surface area contributed by atoms with Gasteiger partial charge in [0.2, 0.25) is 0 Å². The predicted octanol–water partition coefficient (Wildman–Crippen LogP) is 2.31. The Hall–Kier alpha value is -3.09. The lowest BCUT2D eigenvalue weighted by Crippen LogP contribution is -2.29. The standard InChI is InChI=1S/C17H16N6O3/c1-24-14(25-2)6-13-10(7-18)15(11-8-19-21-17(11)20-13)9-4-3-5-12-16(9)23-26-22-12/h3-5,8,10,14-15H,6H2,1-2H3,(H,19,21). The van der Waals surface area contributed by atoms with Gasteiger partial charge >= 0.3 is 0 Å². The number of fused-ring (bicyclic) bond motifs is 2. The summed E-state index contributed by atoms with van der Waals surface area (Å²) in [5.41, 5.74) is 3.61. The van der Waals surface area contributed by atoms with E-state index in [1.807, 2.05) is 18.2 Å². The molecule has 26 heavy (non-hydrogen) atoms. The highest BCUT2D eigenvalue weighted by molar-refractivity contribution is 5.95. The number of aromatic nitrogens is 4. The number of aromatic amines is 1. The average molecular weight is 352 g/mol. The lowest BCUT2D eigenvalue weighted by Gasteiger charge is -2.28. The van der Waals surface area contributed by atoms with E-state index in [-0.39, 0.29) is 5.92 Å². The van der Waals surface area contributed by atoms with E-state index in [0.717, 1.165) is 11.1 Å². The third-order valence-corrected chi connectivity index (χ3v) is 4.62. The van der Waals surface area contributed by atoms with Crippen LogP contribution in [0.3, 0.4) is 0 Å². The molecule has 0 saturated heterocycles. The summed E-state index contributed by atoms with van der Waals surface area (Å²) in [6.45, 7) is 0. The number of ether oxygens (including phenoxy) is 2. The van der Waals surface area contributed by atoms with Gasteiger partial charge in [-0.05, 0) is 21.9 Å². The van der Waals surface area contributed by atoms with Gasteiger partial charge in [0.25, 0.3) is 0 Å². The minimum absolute atomic E-state index is 0.300. The molecule has 9 heteroatoms. The number of nitrogens with one attached hydrogen (secondary N) is 1. The third-order valence-electron chi connectivity index (χ3n) is 4.62. The number of aliphatic imine (C=N–C) groups is 1. The van der Waals surface area contributed by atoms with Crippen LogP contribution in [0.2, 0.25) is 0 Å². The first kappa shape index (κ1) is 16.4. The van der Waals surface area contributed by atoms with Gasteiger partial charge in [0.1, 0.15) is 11.0 Å². The normalized spacial score (nSPS) is 19.4. The summed E-state index contributed by atoms with van der Waals surface area (Å²) < 4.78 is 15.5. The van der Waals surface area contributed by atoms with Crippen molar-refractivity contribution in [1.29, 1.82) is 5.26 Å². The van der Waals surface area contributed by atoms with E-state index in [2.05, 4.69) is 31.6 Å². The molecule has 2 unspecified atom stereocenters. The van der Waals surface area contributed by atoms with Crippen LogP contribution in [-0.4, -0.2) is 46.7 Å². The first-order valence-electron chi connectivity index (χ1n) is 8.04. The van der Waals surface area contributed by atoms with E-state index in [0.29, 0.717) is 29.0 Å². The molecule has 0 fully saturated rings. The van der Waals surface area contributed by atoms with Crippen LogP contribution in [0, 0.1) is 17.2 Å². The van der Waals surface area contributed by atoms with E-state index in [1.54, 1.807) is 20.4 Å². The molecule has 1 aliphatic heterocycles. The monoisotopic (exact) mass is 352 g/mol. The number of nitriles is 1. The lowest BCUT2D eigenvalue weighted by atomic mass is 9.77. The average Bonchev–Trinajstić information content (AvgIpc) is 3.33. The quantitative estimate of drug-likeness (QED) is 0.699. The topological polar surface area (TPSA) is 122 Å². The first-order chi connectivity index (χ1) is 12.8. The largest absolute Gasteiger partial charge is 0.356 e. The maximum atomic E-state index is 9.93. The lowest BCUT2D eigenvalue weighted by molar-refractivity contribution is -0.0962. The third kappa shape index (κ3) is 2.56. The van der Waals surface area contributed by atoms with Gasteiger partial charge in [-0.2, -0.15) is 10.4 Å². The molecule has 0 bridgehead atoms. The van der Waals surface area contributed by atoms with Crippen LogP contribution in [0.15, 0.2) is 34.0 Å². The van der Waals surface area contributed by atoms with E-state index in [1.165, 1.54) is 0 Å². The zero-order valence-electron chi connectivity index (χ0n) is 14.2. The molecule has 0 spiro atoms. The Labute approximate surface area is 148 Å². The number of hydrogen-bond donors (Lipinski definition) is 1. The predicted molar refractivity (Wildman–Crippen MR) is 90.9 cm³/mol. The molecule has 0 aliphatic carbocycles. The van der Waals surface area contributed by atoms with Crippen LogP contribution in [0.25, 0.3) is 11.0 Å². The van der Waals surface area contributed by atoms with Crippen LogP contribution in [-0.2, 0) is 9.47 Å². The Bertz CT molecular complexity index is 997. The van der Waals surface area contributed by atoms with Crippen molar-refractivity contribution in [3.05, 3.63) is 35.5 Å². The second kappa shape index (κ2) is 6.67. The number of H-pyrrole nitrogens is 1. The van der Waals surface area contributed by atoms with Gasteiger partial charge in [-0.3, -0.25) is 5.10 Å². The Kier molecular flexibility index (Phi) is 4.20. The molecule has 2 atom stereocenters. The summed E-state index contributed by atoms with van der Waals surface area (Å²) in [4.78, 5) is 4.59. The van der Waals surface area contributed by atoms with Crippen molar-refractivity contribution in [3.8, 4) is 6.07 Å². The van der Waals surface area contributed by atoms with Gasteiger partial charge < -0.3 is 9.47 Å². The van der Waals surface area contributed by atoms with Crippen molar-refractivity contribution in [2.45, 2.75) is 18.6 Å². The molecule has 1 aromatic carbocycles. The van der Waals surface area contributed by atoms with Crippen LogP contribution >= 0.6 is 0 Å². The molecule has 3 heterocycles. The Morgan fingerprint density at radius 2 is 2.12 bits per heavy atom. The second-order valence-corrected chi connectivity index (χ2v) is 5.95. The molecule has 0 amide bonds. The van der Waals surface area contributed by atoms with Crippen LogP contribution in [0.5, 0.6) is 0 Å². The van der Waals surface area contributed by atoms with Gasteiger partial charge in [-0.1, -0.05) is 12.1 Å². The smallest absolute Gasteiger partial charge is 0.162 e. The van der Waals surface area contributed by atoms with Crippen LogP contribution < -0.4 is 0 Å². The number of hydrogen-bond acceptors (Lipinski definition) is 8. The number of nitrogens with zero attached hydrogens (tertiary/aromatic N) is 5. The Morgan fingerprint density at radius 3 is 2.88 bits per heavy atom. The molecular weight excluding hydrogens is 336 g/mol. The zero-order valence-corrected chi connectivity index (χ0v) is 14.2. The molecule has 132 valence electrons. The van der Waals surface area contributed by atoms with Crippen molar-refractivity contribution in [1.82, 2.24) is 20.5 Å². The molecule has 0 radical (unpaired) electrons. The second-order valence-electron chi connectivity index (χ2n) is 5.95. The molecule has 1 N–H and O–H groups in total. The molecule has 1 aliphatic rings. The van der Waals surface area contributed by atoms with Gasteiger partial charge in [-0.25, -0.2) is 9.62 Å². The zero-order chi connectivity index (χ0) is 18.1. The van der Waals surface area contributed by atoms with Crippen molar-refractivity contribution < 1.29 is 14.1 Å². The highest BCUT2D eigenvalue weighted by Crippen LogP contribution is 2.43. The Balaban J connectivity index is 1.85. The highest BCUT2D eigenvalue weighted by atomic mass is 16.7. The van der Waals surface area contributed by atoms with Gasteiger partial charge in [0, 0.05) is 37.8 Å². The van der Waals surface area contributed by atoms with E-state index in [4.69, 9.17) is 14.1 Å². The van der Waals surface area contributed by atoms with E-state index in [9.17, 15) is 5.26 Å². The number of rotatable bonds is 5. The fraction of sp³-hybridized carbons (Fsp3) is 0.353. The maximum Gasteiger partial charge on any atom is 0.162 e. The molecule has 3 aromatic rings. The van der Waals surface area contributed by atoms with E-state index < -0.39 is 12.2 Å². The van der Waals surface area contributed by atoms with Crippen LogP contribution in [0.1, 0.15) is 23.5 Å². The summed E-state index contributed by atoms with van der Waals surface area (Å²) in [5, 5.41) is 24.9. The summed E-state index contributed by atoms with van der Waals surface area (Å²) >= 11 is 0.